The fourth-order valence-electron chi connectivity index (χ4n) is 3.05. The minimum absolute atomic E-state index is 0.147. The maximum Gasteiger partial charge on any atom is 0.396 e. The average Bonchev–Trinajstić information content (AvgIpc) is 2.90. The predicted octanol–water partition coefficient (Wildman–Crippen LogP) is 1.83. The van der Waals surface area contributed by atoms with E-state index in [0.717, 1.165) is 0 Å². The van der Waals surface area contributed by atoms with Crippen molar-refractivity contribution in [3.05, 3.63) is 10.4 Å². The van der Waals surface area contributed by atoms with E-state index in [2.05, 4.69) is 10.0 Å². The quantitative estimate of drug-likeness (QED) is 0.430. The topological polar surface area (TPSA) is 121 Å². The molecule has 0 aliphatic carbocycles. The summed E-state index contributed by atoms with van der Waals surface area (Å²) in [5.74, 6) is -1.64. The van der Waals surface area contributed by atoms with Gasteiger partial charge in [-0.2, -0.15) is 0 Å². The molecule has 3 heterocycles. The largest absolute Gasteiger partial charge is 0.458 e. The Hall–Kier alpha value is -1.42. The summed E-state index contributed by atoms with van der Waals surface area (Å²) in [7, 11) is 0. The molecule has 3 rings (SSSR count). The molecule has 10 heteroatoms. The van der Waals surface area contributed by atoms with E-state index in [4.69, 9.17) is 34.0 Å². The normalized spacial score (nSPS) is 39.9. The first kappa shape index (κ1) is 16.4. The molecule has 23 heavy (non-hydrogen) atoms. The second-order valence-electron chi connectivity index (χ2n) is 6.47. The summed E-state index contributed by atoms with van der Waals surface area (Å²) in [5, 5.41) is 2.85. The first-order valence-electron chi connectivity index (χ1n) is 7.29. The van der Waals surface area contributed by atoms with Crippen LogP contribution in [0.15, 0.2) is 5.11 Å². The molecule has 3 aliphatic heterocycles. The van der Waals surface area contributed by atoms with E-state index in [0.29, 0.717) is 0 Å². The Morgan fingerprint density at radius 3 is 2.39 bits per heavy atom. The molecule has 0 aromatic carbocycles. The van der Waals surface area contributed by atoms with E-state index < -0.39 is 48.4 Å². The van der Waals surface area contributed by atoms with Crippen LogP contribution >= 0.6 is 0 Å². The molecule has 1 amide bonds. The summed E-state index contributed by atoms with van der Waals surface area (Å²) in [6, 6.07) is 0. The summed E-state index contributed by atoms with van der Waals surface area (Å²) in [6.45, 7) is 6.97. The van der Waals surface area contributed by atoms with Crippen molar-refractivity contribution in [1.82, 2.24) is 0 Å². The number of hydrogen-bond donors (Lipinski definition) is 0. The fraction of sp³-hybridized carbons (Fsp3) is 0.923. The van der Waals surface area contributed by atoms with E-state index in [-0.39, 0.29) is 6.61 Å². The van der Waals surface area contributed by atoms with Gasteiger partial charge in [-0.3, -0.25) is 0 Å². The molecule has 3 fully saturated rings. The first-order chi connectivity index (χ1) is 10.7. The van der Waals surface area contributed by atoms with Crippen LogP contribution in [0.3, 0.4) is 0 Å². The zero-order chi connectivity index (χ0) is 16.8. The second-order valence-corrected chi connectivity index (χ2v) is 6.47. The van der Waals surface area contributed by atoms with Crippen LogP contribution < -0.4 is 0 Å². The molecule has 3 saturated heterocycles. The van der Waals surface area contributed by atoms with E-state index in [9.17, 15) is 4.79 Å². The summed E-state index contributed by atoms with van der Waals surface area (Å²) in [4.78, 5) is 13.6. The standard InChI is InChI=1S/C13H19N3O7/c1-12(2)20-7-6(5-18-11(17)15-16-14)19-10-9(8(7)21-12)22-13(3,4)23-10/h6-10H,5H2,1-4H3/t6-,7+,8+,9-,10-/m1/s1. The molecule has 0 aromatic heterocycles. The van der Waals surface area contributed by atoms with Gasteiger partial charge in [0.05, 0.1) is 0 Å². The zero-order valence-electron chi connectivity index (χ0n) is 13.3. The zero-order valence-corrected chi connectivity index (χ0v) is 13.3. The third kappa shape index (κ3) is 3.27. The van der Waals surface area contributed by atoms with Gasteiger partial charge in [-0.05, 0) is 33.2 Å². The summed E-state index contributed by atoms with van der Waals surface area (Å²) >= 11 is 0. The van der Waals surface area contributed by atoms with Crippen LogP contribution in [-0.4, -0.2) is 55.0 Å². The van der Waals surface area contributed by atoms with Crippen molar-refractivity contribution in [3.63, 3.8) is 0 Å². The van der Waals surface area contributed by atoms with Gasteiger partial charge in [0.25, 0.3) is 0 Å². The monoisotopic (exact) mass is 329 g/mol. The van der Waals surface area contributed by atoms with Crippen molar-refractivity contribution in [2.75, 3.05) is 6.61 Å². The molecule has 128 valence electrons. The number of azide groups is 1. The second kappa shape index (κ2) is 5.59. The summed E-state index contributed by atoms with van der Waals surface area (Å²) in [5.41, 5.74) is 8.22. The smallest absolute Gasteiger partial charge is 0.396 e. The van der Waals surface area contributed by atoms with Crippen LogP contribution in [0.5, 0.6) is 0 Å². The van der Waals surface area contributed by atoms with E-state index in [1.165, 1.54) is 0 Å². The lowest BCUT2D eigenvalue weighted by molar-refractivity contribution is -0.239. The third-order valence-electron chi connectivity index (χ3n) is 3.75. The molecular weight excluding hydrogens is 310 g/mol. The van der Waals surface area contributed by atoms with Gasteiger partial charge in [0, 0.05) is 10.0 Å². The third-order valence-corrected chi connectivity index (χ3v) is 3.75. The number of amides is 1. The molecule has 0 saturated carbocycles. The highest BCUT2D eigenvalue weighted by Crippen LogP contribution is 2.44. The Bertz CT molecular complexity index is 546. The maximum absolute atomic E-state index is 11.2. The lowest BCUT2D eigenvalue weighted by Crippen LogP contribution is -2.56. The van der Waals surface area contributed by atoms with Crippen molar-refractivity contribution in [2.24, 2.45) is 5.11 Å². The molecule has 0 aromatic rings. The number of ether oxygens (including phenoxy) is 6. The number of fused-ring (bicyclic) bond motifs is 3. The van der Waals surface area contributed by atoms with Gasteiger partial charge in [-0.15, -0.1) is 0 Å². The van der Waals surface area contributed by atoms with Gasteiger partial charge >= 0.3 is 6.09 Å². The van der Waals surface area contributed by atoms with Crippen molar-refractivity contribution in [1.29, 1.82) is 0 Å². The van der Waals surface area contributed by atoms with Crippen molar-refractivity contribution >= 4 is 6.09 Å². The molecule has 0 bridgehead atoms. The van der Waals surface area contributed by atoms with Gasteiger partial charge in [-0.1, -0.05) is 0 Å². The minimum atomic E-state index is -1.03. The van der Waals surface area contributed by atoms with Crippen molar-refractivity contribution in [3.8, 4) is 0 Å². The molecule has 5 atom stereocenters. The number of rotatable bonds is 2. The first-order valence-corrected chi connectivity index (χ1v) is 7.29. The van der Waals surface area contributed by atoms with Crippen LogP contribution in [0.2, 0.25) is 0 Å². The highest BCUT2D eigenvalue weighted by atomic mass is 16.9. The number of nitrogens with zero attached hydrogens (tertiary/aromatic N) is 3. The van der Waals surface area contributed by atoms with Crippen LogP contribution in [0, 0.1) is 0 Å². The number of carbonyl (C=O) groups excluding carboxylic acids is 1. The molecule has 0 radical (unpaired) electrons. The van der Waals surface area contributed by atoms with Crippen LogP contribution in [0.1, 0.15) is 27.7 Å². The summed E-state index contributed by atoms with van der Waals surface area (Å²) < 4.78 is 34.0. The van der Waals surface area contributed by atoms with Gasteiger partial charge in [0.1, 0.15) is 31.0 Å². The lowest BCUT2D eigenvalue weighted by Gasteiger charge is -2.36. The van der Waals surface area contributed by atoms with Crippen LogP contribution in [0.25, 0.3) is 10.4 Å². The van der Waals surface area contributed by atoms with E-state index >= 15 is 0 Å². The van der Waals surface area contributed by atoms with E-state index in [1.807, 2.05) is 0 Å². The van der Waals surface area contributed by atoms with E-state index in [1.54, 1.807) is 27.7 Å². The molecule has 10 nitrogen and oxygen atoms in total. The average molecular weight is 329 g/mol. The van der Waals surface area contributed by atoms with Gasteiger partial charge in [0.2, 0.25) is 0 Å². The fourth-order valence-corrected chi connectivity index (χ4v) is 3.05. The Labute approximate surface area is 132 Å². The number of carbonyl (C=O) groups is 1. The molecular formula is C13H19N3O7. The highest BCUT2D eigenvalue weighted by molar-refractivity contribution is 5.67. The Balaban J connectivity index is 1.76. The van der Waals surface area contributed by atoms with Crippen molar-refractivity contribution < 1.29 is 33.2 Å². The number of hydrogen-bond acceptors (Lipinski definition) is 7. The molecule has 0 unspecified atom stereocenters. The van der Waals surface area contributed by atoms with Gasteiger partial charge in [-0.25, -0.2) is 4.79 Å². The Morgan fingerprint density at radius 1 is 1.09 bits per heavy atom. The molecule has 0 spiro atoms. The Kier molecular flexibility index (Phi) is 3.99. The SMILES string of the molecule is CC1(C)O[C@H]2[C@@H](O1)[C@@H](COC(=O)N=[N+]=[N-])O[C@@H]1OC(C)(C)O[C@@H]12. The predicted molar refractivity (Wildman–Crippen MR) is 73.0 cm³/mol. The van der Waals surface area contributed by atoms with Crippen LogP contribution in [-0.2, 0) is 28.4 Å². The van der Waals surface area contributed by atoms with Gasteiger partial charge in [0.15, 0.2) is 17.9 Å². The highest BCUT2D eigenvalue weighted by Gasteiger charge is 2.60. The Morgan fingerprint density at radius 2 is 1.70 bits per heavy atom. The summed E-state index contributed by atoms with van der Waals surface area (Å²) in [6.07, 6.45) is -3.68. The maximum atomic E-state index is 11.2. The molecule has 3 aliphatic rings. The van der Waals surface area contributed by atoms with Gasteiger partial charge < -0.3 is 28.4 Å². The molecule has 0 N–H and O–H groups in total. The lowest BCUT2D eigenvalue weighted by atomic mass is 9.99. The minimum Gasteiger partial charge on any atom is -0.458 e. The van der Waals surface area contributed by atoms with Crippen molar-refractivity contribution in [2.45, 2.75) is 70.0 Å². The van der Waals surface area contributed by atoms with Crippen LogP contribution in [0.4, 0.5) is 4.79 Å².